The molecule has 0 atom stereocenters. The number of pyridine rings is 1. The first-order valence-corrected chi connectivity index (χ1v) is 8.27. The lowest BCUT2D eigenvalue weighted by molar-refractivity contribution is 1.10. The fourth-order valence-electron chi connectivity index (χ4n) is 3.18. The third kappa shape index (κ3) is 2.40. The number of para-hydroxylation sites is 2. The molecule has 4 aromatic rings. The maximum absolute atomic E-state index is 13.1. The van der Waals surface area contributed by atoms with Crippen molar-refractivity contribution in [2.75, 3.05) is 5.32 Å². The zero-order valence-corrected chi connectivity index (χ0v) is 14.4. The summed E-state index contributed by atoms with van der Waals surface area (Å²) < 4.78 is 1.52. The van der Waals surface area contributed by atoms with E-state index in [4.69, 9.17) is 0 Å². The molecule has 26 heavy (non-hydrogen) atoms. The van der Waals surface area contributed by atoms with Crippen LogP contribution in [0.15, 0.2) is 53.3 Å². The molecule has 5 nitrogen and oxygen atoms in total. The smallest absolute Gasteiger partial charge is 0.265 e. The minimum Gasteiger partial charge on any atom is -0.361 e. The fourth-order valence-corrected chi connectivity index (χ4v) is 3.18. The zero-order valence-electron chi connectivity index (χ0n) is 14.4. The topological polar surface area (TPSA) is 70.2 Å². The molecule has 0 radical (unpaired) electrons. The minimum atomic E-state index is -0.189. The largest absolute Gasteiger partial charge is 0.361 e. The first-order valence-electron chi connectivity index (χ1n) is 8.27. The highest BCUT2D eigenvalue weighted by Crippen LogP contribution is 2.17. The van der Waals surface area contributed by atoms with Crippen LogP contribution in [0, 0.1) is 25.2 Å². The molecule has 0 aliphatic rings. The van der Waals surface area contributed by atoms with Gasteiger partial charge in [-0.15, -0.1) is 0 Å². The summed E-state index contributed by atoms with van der Waals surface area (Å²) in [6.45, 7) is 3.79. The van der Waals surface area contributed by atoms with Crippen molar-refractivity contribution in [3.05, 3.63) is 80.8 Å². The number of anilines is 1. The number of aromatic nitrogens is 2. The molecule has 0 bridgehead atoms. The number of imidazole rings is 1. The van der Waals surface area contributed by atoms with Crippen LogP contribution < -0.4 is 16.1 Å². The summed E-state index contributed by atoms with van der Waals surface area (Å²) in [6.07, 6.45) is 1.67. The molecule has 2 aromatic carbocycles. The number of benzene rings is 2. The number of fused-ring (bicyclic) bond motifs is 3. The third-order valence-electron chi connectivity index (χ3n) is 4.51. The standard InChI is InChI=1S/C21H16N4O/c1-13-6-5-7-15(10-13)23-12-17-14(2)16(11-22)20-24-18-8-3-4-9-19(18)25(20)21(17)26/h3-10,12,23H,1-2H3/b17-12-. The first-order chi connectivity index (χ1) is 12.6. The van der Waals surface area contributed by atoms with Crippen LogP contribution in [0.5, 0.6) is 0 Å². The lowest BCUT2D eigenvalue weighted by atomic mass is 10.1. The van der Waals surface area contributed by atoms with E-state index < -0.39 is 0 Å². The minimum absolute atomic E-state index is 0.189. The van der Waals surface area contributed by atoms with Gasteiger partial charge in [0.2, 0.25) is 0 Å². The summed E-state index contributed by atoms with van der Waals surface area (Å²) in [7, 11) is 0. The zero-order chi connectivity index (χ0) is 18.3. The van der Waals surface area contributed by atoms with Crippen LogP contribution in [0.2, 0.25) is 0 Å². The van der Waals surface area contributed by atoms with E-state index in [1.165, 1.54) is 4.40 Å². The summed E-state index contributed by atoms with van der Waals surface area (Å²) in [5.74, 6) is 0. The number of nitrogens with zero attached hydrogens (tertiary/aromatic N) is 3. The van der Waals surface area contributed by atoms with E-state index >= 15 is 0 Å². The van der Waals surface area contributed by atoms with E-state index in [0.717, 1.165) is 11.3 Å². The molecule has 0 aliphatic heterocycles. The van der Waals surface area contributed by atoms with E-state index in [2.05, 4.69) is 16.4 Å². The predicted molar refractivity (Wildman–Crippen MR) is 103 cm³/mol. The molecular weight excluding hydrogens is 324 g/mol. The van der Waals surface area contributed by atoms with Crippen LogP contribution in [0.1, 0.15) is 16.7 Å². The van der Waals surface area contributed by atoms with E-state index in [1.54, 1.807) is 13.1 Å². The highest BCUT2D eigenvalue weighted by molar-refractivity contribution is 5.82. The van der Waals surface area contributed by atoms with Crippen molar-refractivity contribution in [1.29, 1.82) is 5.26 Å². The number of hydrogen-bond acceptors (Lipinski definition) is 4. The summed E-state index contributed by atoms with van der Waals surface area (Å²) in [4.78, 5) is 17.6. The predicted octanol–water partition coefficient (Wildman–Crippen LogP) is 2.91. The van der Waals surface area contributed by atoms with Gasteiger partial charge in [0, 0.05) is 11.9 Å². The Morgan fingerprint density at radius 2 is 1.96 bits per heavy atom. The maximum atomic E-state index is 13.1. The third-order valence-corrected chi connectivity index (χ3v) is 4.51. The highest BCUT2D eigenvalue weighted by atomic mass is 16.1. The van der Waals surface area contributed by atoms with Crippen molar-refractivity contribution in [1.82, 2.24) is 9.38 Å². The van der Waals surface area contributed by atoms with Crippen molar-refractivity contribution in [2.45, 2.75) is 13.8 Å². The number of nitrogens with one attached hydrogen (secondary N) is 1. The number of aryl methyl sites for hydroxylation is 1. The van der Waals surface area contributed by atoms with Gasteiger partial charge in [-0.05, 0) is 49.2 Å². The summed E-state index contributed by atoms with van der Waals surface area (Å²) >= 11 is 0. The number of nitriles is 1. The second kappa shape index (κ2) is 6.01. The second-order valence-electron chi connectivity index (χ2n) is 6.25. The second-order valence-corrected chi connectivity index (χ2v) is 6.25. The lowest BCUT2D eigenvalue weighted by Gasteiger charge is -2.05. The monoisotopic (exact) mass is 340 g/mol. The van der Waals surface area contributed by atoms with Crippen LogP contribution in [0.3, 0.4) is 0 Å². The fraction of sp³-hybridized carbons (Fsp3) is 0.0952. The number of rotatable bonds is 2. The van der Waals surface area contributed by atoms with Crippen molar-refractivity contribution in [2.24, 2.45) is 0 Å². The number of hydrogen-bond donors (Lipinski definition) is 1. The van der Waals surface area contributed by atoms with Gasteiger partial charge in [0.25, 0.3) is 5.56 Å². The maximum Gasteiger partial charge on any atom is 0.265 e. The van der Waals surface area contributed by atoms with Gasteiger partial charge in [0.1, 0.15) is 6.07 Å². The molecule has 5 heteroatoms. The van der Waals surface area contributed by atoms with E-state index in [9.17, 15) is 10.1 Å². The molecule has 0 saturated heterocycles. The first kappa shape index (κ1) is 15.9. The molecule has 0 fully saturated rings. The van der Waals surface area contributed by atoms with Crippen molar-refractivity contribution in [3.63, 3.8) is 0 Å². The molecule has 2 aromatic heterocycles. The molecule has 4 rings (SSSR count). The molecule has 0 saturated carbocycles. The Kier molecular flexibility index (Phi) is 3.67. The summed E-state index contributed by atoms with van der Waals surface area (Å²) in [6, 6.07) is 17.5. The van der Waals surface area contributed by atoms with Gasteiger partial charge in [0.15, 0.2) is 5.65 Å². The van der Waals surface area contributed by atoms with Gasteiger partial charge in [-0.3, -0.25) is 9.20 Å². The molecule has 0 unspecified atom stereocenters. The van der Waals surface area contributed by atoms with Gasteiger partial charge >= 0.3 is 0 Å². The van der Waals surface area contributed by atoms with Crippen LogP contribution in [-0.4, -0.2) is 9.38 Å². The summed E-state index contributed by atoms with van der Waals surface area (Å²) in [5, 5.41) is 13.3. The van der Waals surface area contributed by atoms with Crippen LogP contribution in [-0.2, 0) is 0 Å². The van der Waals surface area contributed by atoms with Gasteiger partial charge in [0.05, 0.1) is 21.8 Å². The Morgan fingerprint density at radius 3 is 2.73 bits per heavy atom. The van der Waals surface area contributed by atoms with E-state index in [1.807, 2.05) is 55.5 Å². The lowest BCUT2D eigenvalue weighted by Crippen LogP contribution is -2.34. The molecule has 2 heterocycles. The Balaban J connectivity index is 2.03. The van der Waals surface area contributed by atoms with E-state index in [-0.39, 0.29) is 5.56 Å². The Morgan fingerprint density at radius 1 is 1.15 bits per heavy atom. The van der Waals surface area contributed by atoms with Crippen LogP contribution >= 0.6 is 0 Å². The highest BCUT2D eigenvalue weighted by Gasteiger charge is 2.15. The Labute approximate surface area is 149 Å². The van der Waals surface area contributed by atoms with Gasteiger partial charge < -0.3 is 5.32 Å². The molecule has 1 N–H and O–H groups in total. The summed E-state index contributed by atoms with van der Waals surface area (Å²) in [5.41, 5.74) is 4.67. The Bertz CT molecular complexity index is 1310. The molecule has 0 aliphatic carbocycles. The van der Waals surface area contributed by atoms with Crippen LogP contribution in [0.25, 0.3) is 22.9 Å². The van der Waals surface area contributed by atoms with Crippen LogP contribution in [0.4, 0.5) is 5.69 Å². The molecular formula is C21H16N4O. The Hall–Kier alpha value is -3.65. The average molecular weight is 340 g/mol. The molecule has 126 valence electrons. The van der Waals surface area contributed by atoms with Gasteiger partial charge in [-0.1, -0.05) is 24.3 Å². The van der Waals surface area contributed by atoms with Crippen molar-refractivity contribution < 1.29 is 0 Å². The molecule has 0 spiro atoms. The molecule has 0 amide bonds. The van der Waals surface area contributed by atoms with Crippen molar-refractivity contribution >= 4 is 28.6 Å². The average Bonchev–Trinajstić information content (AvgIpc) is 3.01. The van der Waals surface area contributed by atoms with E-state index in [0.29, 0.717) is 33.0 Å². The normalized spacial score (nSPS) is 11.8. The SMILES string of the molecule is Cc1cccc(N/C=c2/c(C)c(C#N)c3nc4ccccc4n3c2=O)c1. The van der Waals surface area contributed by atoms with Gasteiger partial charge in [-0.25, -0.2) is 4.98 Å². The quantitative estimate of drug-likeness (QED) is 0.609. The van der Waals surface area contributed by atoms with Crippen molar-refractivity contribution in [3.8, 4) is 6.07 Å². The van der Waals surface area contributed by atoms with Gasteiger partial charge in [-0.2, -0.15) is 5.26 Å².